The molecule has 2 aromatic rings. The zero-order chi connectivity index (χ0) is 17.4. The first-order valence-corrected chi connectivity index (χ1v) is 7.93. The molecule has 2 aromatic carbocycles. The maximum absolute atomic E-state index is 11.8. The number of benzene rings is 2. The molecule has 1 N–H and O–H groups in total. The van der Waals surface area contributed by atoms with Crippen LogP contribution in [0.15, 0.2) is 54.6 Å². The summed E-state index contributed by atoms with van der Waals surface area (Å²) in [6.45, 7) is 2.03. The lowest BCUT2D eigenvalue weighted by Crippen LogP contribution is -2.39. The molecule has 6 heteroatoms. The van der Waals surface area contributed by atoms with E-state index in [2.05, 4.69) is 5.32 Å². The van der Waals surface area contributed by atoms with Gasteiger partial charge in [0, 0.05) is 20.0 Å². The van der Waals surface area contributed by atoms with Crippen LogP contribution in [0, 0.1) is 0 Å². The van der Waals surface area contributed by atoms with Crippen molar-refractivity contribution in [1.29, 1.82) is 0 Å². The van der Waals surface area contributed by atoms with Crippen molar-refractivity contribution < 1.29 is 14.3 Å². The second-order valence-corrected chi connectivity index (χ2v) is 5.48. The lowest BCUT2D eigenvalue weighted by atomic mass is 10.3. The lowest BCUT2D eigenvalue weighted by molar-refractivity contribution is -0.123. The van der Waals surface area contributed by atoms with Crippen LogP contribution >= 0.6 is 11.6 Å². The third-order valence-corrected chi connectivity index (χ3v) is 3.61. The van der Waals surface area contributed by atoms with Crippen molar-refractivity contribution >= 4 is 29.1 Å². The third-order valence-electron chi connectivity index (χ3n) is 3.29. The smallest absolute Gasteiger partial charge is 0.258 e. The van der Waals surface area contributed by atoms with Crippen LogP contribution in [0.3, 0.4) is 0 Å². The monoisotopic (exact) mass is 346 g/mol. The van der Waals surface area contributed by atoms with Gasteiger partial charge in [0.25, 0.3) is 5.91 Å². The van der Waals surface area contributed by atoms with Crippen LogP contribution in [0.2, 0.25) is 5.02 Å². The first kappa shape index (κ1) is 17.8. The molecule has 0 atom stereocenters. The number of hydrogen-bond donors (Lipinski definition) is 1. The molecular formula is C18H19ClN2O3. The standard InChI is InChI=1S/C18H19ClN2O3/c1-14(22)21(17-10-6-5-9-16(17)19)12-11-20-18(23)13-24-15-7-3-2-4-8-15/h2-10H,11-13H2,1H3,(H,20,23). The maximum Gasteiger partial charge on any atom is 0.258 e. The van der Waals surface area contributed by atoms with Gasteiger partial charge in [-0.3, -0.25) is 9.59 Å². The quantitative estimate of drug-likeness (QED) is 0.838. The van der Waals surface area contributed by atoms with Gasteiger partial charge in [-0.2, -0.15) is 0 Å². The minimum atomic E-state index is -0.249. The molecule has 0 aliphatic rings. The summed E-state index contributed by atoms with van der Waals surface area (Å²) < 4.78 is 5.36. The second kappa shape index (κ2) is 8.93. The molecule has 0 unspecified atom stereocenters. The van der Waals surface area contributed by atoms with Gasteiger partial charge in [0.2, 0.25) is 5.91 Å². The van der Waals surface area contributed by atoms with Gasteiger partial charge in [0.05, 0.1) is 10.7 Å². The van der Waals surface area contributed by atoms with Gasteiger partial charge in [-0.05, 0) is 24.3 Å². The second-order valence-electron chi connectivity index (χ2n) is 5.07. The molecule has 0 aromatic heterocycles. The highest BCUT2D eigenvalue weighted by Gasteiger charge is 2.14. The summed E-state index contributed by atoms with van der Waals surface area (Å²) in [4.78, 5) is 25.1. The number of hydrogen-bond acceptors (Lipinski definition) is 3. The van der Waals surface area contributed by atoms with Gasteiger partial charge in [-0.15, -0.1) is 0 Å². The Balaban J connectivity index is 1.81. The predicted octanol–water partition coefficient (Wildman–Crippen LogP) is 2.89. The molecule has 0 radical (unpaired) electrons. The van der Waals surface area contributed by atoms with Crippen LogP contribution in [0.1, 0.15) is 6.92 Å². The summed E-state index contributed by atoms with van der Waals surface area (Å²) >= 11 is 6.12. The van der Waals surface area contributed by atoms with Crippen molar-refractivity contribution in [2.45, 2.75) is 6.92 Å². The van der Waals surface area contributed by atoms with Crippen molar-refractivity contribution in [1.82, 2.24) is 5.32 Å². The van der Waals surface area contributed by atoms with Gasteiger partial charge in [0.15, 0.2) is 6.61 Å². The predicted molar refractivity (Wildman–Crippen MR) is 94.4 cm³/mol. The van der Waals surface area contributed by atoms with Crippen molar-refractivity contribution in [3.05, 3.63) is 59.6 Å². The van der Waals surface area contributed by atoms with Crippen LogP contribution in [0.4, 0.5) is 5.69 Å². The Morgan fingerprint density at radius 3 is 2.42 bits per heavy atom. The molecule has 2 amide bonds. The number of anilines is 1. The highest BCUT2D eigenvalue weighted by atomic mass is 35.5. The Morgan fingerprint density at radius 1 is 1.08 bits per heavy atom. The van der Waals surface area contributed by atoms with Crippen LogP contribution in [-0.2, 0) is 9.59 Å². The largest absolute Gasteiger partial charge is 0.484 e. The van der Waals surface area contributed by atoms with E-state index in [0.717, 1.165) is 0 Å². The lowest BCUT2D eigenvalue weighted by Gasteiger charge is -2.22. The molecule has 0 bridgehead atoms. The number of carbonyl (C=O) groups excluding carboxylic acids is 2. The van der Waals surface area contributed by atoms with E-state index in [4.69, 9.17) is 16.3 Å². The molecule has 0 saturated heterocycles. The van der Waals surface area contributed by atoms with Crippen molar-refractivity contribution in [2.75, 3.05) is 24.6 Å². The number of nitrogens with one attached hydrogen (secondary N) is 1. The summed E-state index contributed by atoms with van der Waals surface area (Å²) in [5, 5.41) is 3.22. The van der Waals surface area contributed by atoms with E-state index in [9.17, 15) is 9.59 Å². The summed E-state index contributed by atoms with van der Waals surface area (Å²) in [6.07, 6.45) is 0. The average Bonchev–Trinajstić information content (AvgIpc) is 2.58. The van der Waals surface area contributed by atoms with Crippen LogP contribution in [0.5, 0.6) is 5.75 Å². The normalized spacial score (nSPS) is 10.1. The number of carbonyl (C=O) groups is 2. The SMILES string of the molecule is CC(=O)N(CCNC(=O)COc1ccccc1)c1ccccc1Cl. The Hall–Kier alpha value is -2.53. The summed E-state index contributed by atoms with van der Waals surface area (Å²) in [5.74, 6) is 0.244. The van der Waals surface area contributed by atoms with Gasteiger partial charge in [-0.1, -0.05) is 41.9 Å². The Kier molecular flexibility index (Phi) is 6.63. The summed E-state index contributed by atoms with van der Waals surface area (Å²) in [7, 11) is 0. The molecule has 2 rings (SSSR count). The Morgan fingerprint density at radius 2 is 1.75 bits per heavy atom. The molecule has 0 heterocycles. The first-order chi connectivity index (χ1) is 11.6. The van der Waals surface area contributed by atoms with Crippen LogP contribution < -0.4 is 15.0 Å². The third kappa shape index (κ3) is 5.28. The molecule has 5 nitrogen and oxygen atoms in total. The number of halogens is 1. The summed E-state index contributed by atoms with van der Waals surface area (Å²) in [5.41, 5.74) is 0.626. The topological polar surface area (TPSA) is 58.6 Å². The van der Waals surface area contributed by atoms with E-state index in [1.54, 1.807) is 30.3 Å². The van der Waals surface area contributed by atoms with Gasteiger partial charge in [0.1, 0.15) is 5.75 Å². The molecule has 0 fully saturated rings. The number of ether oxygens (including phenoxy) is 1. The highest BCUT2D eigenvalue weighted by Crippen LogP contribution is 2.24. The first-order valence-electron chi connectivity index (χ1n) is 7.55. The minimum Gasteiger partial charge on any atom is -0.484 e. The van der Waals surface area contributed by atoms with Crippen LogP contribution in [0.25, 0.3) is 0 Å². The van der Waals surface area contributed by atoms with E-state index in [-0.39, 0.29) is 18.4 Å². The van der Waals surface area contributed by atoms with Gasteiger partial charge >= 0.3 is 0 Å². The average molecular weight is 347 g/mol. The van der Waals surface area contributed by atoms with E-state index in [1.165, 1.54) is 11.8 Å². The number of para-hydroxylation sites is 2. The van der Waals surface area contributed by atoms with Crippen molar-refractivity contribution in [2.24, 2.45) is 0 Å². The molecule has 0 aliphatic carbocycles. The highest BCUT2D eigenvalue weighted by molar-refractivity contribution is 6.33. The van der Waals surface area contributed by atoms with Crippen molar-refractivity contribution in [3.8, 4) is 5.75 Å². The summed E-state index contributed by atoms with van der Waals surface area (Å²) in [6, 6.07) is 16.2. The van der Waals surface area contributed by atoms with E-state index in [1.807, 2.05) is 24.3 Å². The van der Waals surface area contributed by atoms with Gasteiger partial charge in [-0.25, -0.2) is 0 Å². The Labute approximate surface area is 146 Å². The van der Waals surface area contributed by atoms with Crippen molar-refractivity contribution in [3.63, 3.8) is 0 Å². The number of amides is 2. The minimum absolute atomic E-state index is 0.0732. The number of rotatable bonds is 7. The molecule has 0 spiro atoms. The molecular weight excluding hydrogens is 328 g/mol. The maximum atomic E-state index is 11.8. The number of nitrogens with zero attached hydrogens (tertiary/aromatic N) is 1. The zero-order valence-corrected chi connectivity index (χ0v) is 14.1. The fourth-order valence-corrected chi connectivity index (χ4v) is 2.38. The van der Waals surface area contributed by atoms with Crippen LogP contribution in [-0.4, -0.2) is 31.5 Å². The zero-order valence-electron chi connectivity index (χ0n) is 13.4. The fraction of sp³-hybridized carbons (Fsp3) is 0.222. The molecule has 24 heavy (non-hydrogen) atoms. The van der Waals surface area contributed by atoms with E-state index in [0.29, 0.717) is 29.5 Å². The molecule has 126 valence electrons. The molecule has 0 saturated carbocycles. The van der Waals surface area contributed by atoms with E-state index < -0.39 is 0 Å². The Bertz CT molecular complexity index is 692. The van der Waals surface area contributed by atoms with Gasteiger partial charge < -0.3 is 15.0 Å². The fourth-order valence-electron chi connectivity index (χ4n) is 2.14. The molecule has 0 aliphatic heterocycles. The van der Waals surface area contributed by atoms with E-state index >= 15 is 0 Å².